The first-order valence-corrected chi connectivity index (χ1v) is 10.6. The molecular formula is C26H20F4N2O4. The van der Waals surface area contributed by atoms with Gasteiger partial charge in [0.1, 0.15) is 34.2 Å². The molecule has 6 nitrogen and oxygen atoms in total. The largest absolute Gasteiger partial charge is 0.508 e. The van der Waals surface area contributed by atoms with Crippen LogP contribution >= 0.6 is 0 Å². The summed E-state index contributed by atoms with van der Waals surface area (Å²) in [6.07, 6.45) is -3.27. The standard InChI is InChI=1S/C16H9F4NO3.C10H11NO/c17-9-1-2-10(15(22)23)13(6-9)24-14-5-8-3-4-21-12(8)7-11(14)16(18,19)20;1-6-7(2)11-10-4-3-8(12)5-9(6)10/h1-7,21H,(H,22,23);3-5,11-12H,1-2H3. The fraction of sp³-hybridized carbons (Fsp3) is 0.115. The number of carboxylic acids is 1. The van der Waals surface area contributed by atoms with E-state index in [0.717, 1.165) is 46.9 Å². The van der Waals surface area contributed by atoms with E-state index in [0.29, 0.717) is 11.1 Å². The molecular weight excluding hydrogens is 480 g/mol. The summed E-state index contributed by atoms with van der Waals surface area (Å²) < 4.78 is 58.2. The zero-order valence-electron chi connectivity index (χ0n) is 19.0. The minimum absolute atomic E-state index is 0.243. The monoisotopic (exact) mass is 500 g/mol. The summed E-state index contributed by atoms with van der Waals surface area (Å²) in [6.45, 7) is 4.08. The van der Waals surface area contributed by atoms with Crippen LogP contribution in [-0.2, 0) is 6.18 Å². The highest BCUT2D eigenvalue weighted by atomic mass is 19.4. The van der Waals surface area contributed by atoms with Crippen LogP contribution in [0.15, 0.2) is 60.8 Å². The molecule has 0 atom stereocenters. The third-order valence-electron chi connectivity index (χ3n) is 5.64. The number of aromatic carboxylic acids is 1. The molecule has 2 aromatic heterocycles. The number of H-pyrrole nitrogens is 2. The molecule has 5 rings (SSSR count). The minimum Gasteiger partial charge on any atom is -0.508 e. The third kappa shape index (κ3) is 4.97. The van der Waals surface area contributed by atoms with E-state index in [2.05, 4.69) is 9.97 Å². The second-order valence-electron chi connectivity index (χ2n) is 8.06. The van der Waals surface area contributed by atoms with Gasteiger partial charge in [-0.05, 0) is 67.9 Å². The van der Waals surface area contributed by atoms with Gasteiger partial charge >= 0.3 is 12.1 Å². The van der Waals surface area contributed by atoms with Crippen LogP contribution in [0.25, 0.3) is 21.8 Å². The van der Waals surface area contributed by atoms with Crippen molar-refractivity contribution in [3.63, 3.8) is 0 Å². The second-order valence-corrected chi connectivity index (χ2v) is 8.06. The molecule has 0 radical (unpaired) electrons. The lowest BCUT2D eigenvalue weighted by Gasteiger charge is -2.15. The first-order chi connectivity index (χ1) is 16.9. The van der Waals surface area contributed by atoms with Crippen LogP contribution in [0.3, 0.4) is 0 Å². The van der Waals surface area contributed by atoms with Crippen molar-refractivity contribution in [1.29, 1.82) is 0 Å². The van der Waals surface area contributed by atoms with Crippen LogP contribution < -0.4 is 4.74 Å². The van der Waals surface area contributed by atoms with Crippen LogP contribution in [0, 0.1) is 19.7 Å². The summed E-state index contributed by atoms with van der Waals surface area (Å²) in [6, 6.07) is 11.4. The Kier molecular flexibility index (Phi) is 6.36. The Balaban J connectivity index is 0.000000211. The third-order valence-corrected chi connectivity index (χ3v) is 5.64. The Morgan fingerprint density at radius 1 is 0.944 bits per heavy atom. The van der Waals surface area contributed by atoms with Gasteiger partial charge in [0, 0.05) is 39.8 Å². The molecule has 0 bridgehead atoms. The van der Waals surface area contributed by atoms with E-state index in [1.165, 1.54) is 17.8 Å². The number of hydrogen-bond donors (Lipinski definition) is 4. The van der Waals surface area contributed by atoms with E-state index < -0.39 is 40.6 Å². The smallest absolute Gasteiger partial charge is 0.420 e. The van der Waals surface area contributed by atoms with Crippen LogP contribution in [0.1, 0.15) is 27.2 Å². The zero-order valence-corrected chi connectivity index (χ0v) is 19.0. The molecule has 36 heavy (non-hydrogen) atoms. The van der Waals surface area contributed by atoms with Gasteiger partial charge in [0.25, 0.3) is 0 Å². The van der Waals surface area contributed by atoms with Crippen molar-refractivity contribution in [3.05, 3.63) is 89.0 Å². The molecule has 10 heteroatoms. The minimum atomic E-state index is -4.73. The number of benzene rings is 3. The summed E-state index contributed by atoms with van der Waals surface area (Å²) >= 11 is 0. The quantitative estimate of drug-likeness (QED) is 0.195. The second kappa shape index (κ2) is 9.29. The van der Waals surface area contributed by atoms with Gasteiger partial charge < -0.3 is 24.9 Å². The number of fused-ring (bicyclic) bond motifs is 2. The van der Waals surface area contributed by atoms with Gasteiger partial charge in [-0.2, -0.15) is 13.2 Å². The van der Waals surface area contributed by atoms with Gasteiger partial charge in [-0.1, -0.05) is 0 Å². The Morgan fingerprint density at radius 2 is 1.69 bits per heavy atom. The van der Waals surface area contributed by atoms with Crippen molar-refractivity contribution in [3.8, 4) is 17.2 Å². The Labute approximate surface area is 201 Å². The Bertz CT molecular complexity index is 1580. The number of carboxylic acid groups (broad SMARTS) is 1. The number of phenols is 1. The van der Waals surface area contributed by atoms with Gasteiger partial charge in [0.2, 0.25) is 0 Å². The first-order valence-electron chi connectivity index (χ1n) is 10.6. The van der Waals surface area contributed by atoms with E-state index in [-0.39, 0.29) is 5.52 Å². The number of hydrogen-bond acceptors (Lipinski definition) is 3. The Morgan fingerprint density at radius 3 is 2.39 bits per heavy atom. The zero-order chi connectivity index (χ0) is 26.2. The molecule has 0 aliphatic carbocycles. The Hall–Kier alpha value is -4.47. The number of nitrogens with one attached hydrogen (secondary N) is 2. The van der Waals surface area contributed by atoms with E-state index in [1.54, 1.807) is 12.1 Å². The maximum absolute atomic E-state index is 13.4. The van der Waals surface area contributed by atoms with E-state index in [4.69, 9.17) is 9.84 Å². The van der Waals surface area contributed by atoms with E-state index >= 15 is 0 Å². The molecule has 5 aromatic rings. The molecule has 0 aliphatic heterocycles. The maximum atomic E-state index is 13.4. The average molecular weight is 500 g/mol. The lowest BCUT2D eigenvalue weighted by Crippen LogP contribution is -2.08. The van der Waals surface area contributed by atoms with Crippen molar-refractivity contribution in [2.45, 2.75) is 20.0 Å². The number of aromatic hydroxyl groups is 1. The highest BCUT2D eigenvalue weighted by molar-refractivity contribution is 5.91. The van der Waals surface area contributed by atoms with E-state index in [9.17, 15) is 27.5 Å². The SMILES string of the molecule is Cc1[nH]c2ccc(O)cc2c1C.O=C(O)c1ccc(F)cc1Oc1cc2cc[nH]c2cc1C(F)(F)F. The number of phenolic OH excluding ortho intramolecular Hbond substituents is 1. The molecule has 2 heterocycles. The van der Waals surface area contributed by atoms with Crippen molar-refractivity contribution in [2.24, 2.45) is 0 Å². The molecule has 4 N–H and O–H groups in total. The highest BCUT2D eigenvalue weighted by Crippen LogP contribution is 2.41. The molecule has 186 valence electrons. The van der Waals surface area contributed by atoms with Crippen molar-refractivity contribution in [1.82, 2.24) is 9.97 Å². The molecule has 0 spiro atoms. The number of aryl methyl sites for hydroxylation is 2. The van der Waals surface area contributed by atoms with Crippen molar-refractivity contribution < 1.29 is 37.3 Å². The number of halogens is 4. The van der Waals surface area contributed by atoms with Gasteiger partial charge in [0.05, 0.1) is 0 Å². The number of aromatic nitrogens is 2. The molecule has 0 amide bonds. The highest BCUT2D eigenvalue weighted by Gasteiger charge is 2.35. The molecule has 0 saturated carbocycles. The molecule has 0 unspecified atom stereocenters. The topological polar surface area (TPSA) is 98.3 Å². The van der Waals surface area contributed by atoms with Crippen LogP contribution in [0.5, 0.6) is 17.2 Å². The lowest BCUT2D eigenvalue weighted by atomic mass is 10.1. The predicted octanol–water partition coefficient (Wildman–Crippen LogP) is 7.31. The lowest BCUT2D eigenvalue weighted by molar-refractivity contribution is -0.138. The average Bonchev–Trinajstić information content (AvgIpc) is 3.37. The first kappa shape index (κ1) is 24.6. The summed E-state index contributed by atoms with van der Waals surface area (Å²) in [7, 11) is 0. The van der Waals surface area contributed by atoms with Gasteiger partial charge in [-0.3, -0.25) is 0 Å². The fourth-order valence-corrected chi connectivity index (χ4v) is 3.71. The van der Waals surface area contributed by atoms with E-state index in [1.807, 2.05) is 19.9 Å². The van der Waals surface area contributed by atoms with Crippen molar-refractivity contribution in [2.75, 3.05) is 0 Å². The number of aromatic amines is 2. The molecule has 3 aromatic carbocycles. The van der Waals surface area contributed by atoms with Crippen molar-refractivity contribution >= 4 is 27.8 Å². The summed E-state index contributed by atoms with van der Waals surface area (Å²) in [5.74, 6) is -3.07. The number of alkyl halides is 3. The molecule has 0 aliphatic rings. The van der Waals surface area contributed by atoms with Gasteiger partial charge in [0.15, 0.2) is 0 Å². The molecule has 0 fully saturated rings. The summed E-state index contributed by atoms with van der Waals surface area (Å²) in [5.41, 5.74) is 2.16. The fourth-order valence-electron chi connectivity index (χ4n) is 3.71. The normalized spacial score (nSPS) is 11.4. The van der Waals surface area contributed by atoms with Crippen LogP contribution in [-0.4, -0.2) is 26.2 Å². The molecule has 0 saturated heterocycles. The van der Waals surface area contributed by atoms with Crippen LogP contribution in [0.4, 0.5) is 17.6 Å². The van der Waals surface area contributed by atoms with Gasteiger partial charge in [-0.15, -0.1) is 0 Å². The number of rotatable bonds is 3. The number of ether oxygens (including phenoxy) is 1. The summed E-state index contributed by atoms with van der Waals surface area (Å²) in [5, 5.41) is 19.9. The van der Waals surface area contributed by atoms with Crippen LogP contribution in [0.2, 0.25) is 0 Å². The maximum Gasteiger partial charge on any atom is 0.420 e. The summed E-state index contributed by atoms with van der Waals surface area (Å²) in [4.78, 5) is 17.0. The van der Waals surface area contributed by atoms with Gasteiger partial charge in [-0.25, -0.2) is 9.18 Å². The number of carbonyl (C=O) groups is 1. The predicted molar refractivity (Wildman–Crippen MR) is 126 cm³/mol.